The van der Waals surface area contributed by atoms with Crippen LogP contribution in [0.1, 0.15) is 25.1 Å². The molecule has 1 atom stereocenters. The first-order valence-electron chi connectivity index (χ1n) is 7.17. The van der Waals surface area contributed by atoms with Crippen LogP contribution < -0.4 is 5.73 Å². The van der Waals surface area contributed by atoms with E-state index in [4.69, 9.17) is 5.73 Å². The molecule has 1 saturated heterocycles. The van der Waals surface area contributed by atoms with Crippen LogP contribution in [0.2, 0.25) is 0 Å². The highest BCUT2D eigenvalue weighted by Gasteiger charge is 2.32. The quantitative estimate of drug-likeness (QED) is 0.877. The molecule has 3 rings (SSSR count). The van der Waals surface area contributed by atoms with E-state index in [1.54, 1.807) is 4.90 Å². The van der Waals surface area contributed by atoms with Crippen LogP contribution in [-0.4, -0.2) is 39.3 Å². The Kier molecular flexibility index (Phi) is 3.60. The van der Waals surface area contributed by atoms with Gasteiger partial charge in [-0.15, -0.1) is 0 Å². The van der Waals surface area contributed by atoms with Gasteiger partial charge in [0, 0.05) is 19.4 Å². The molecule has 1 fully saturated rings. The molecule has 110 valence electrons. The number of nitrogens with one attached hydrogen (secondary N) is 1. The number of carbonyl (C=O) groups excluding carboxylic acids is 2. The maximum Gasteiger partial charge on any atom is 0.240 e. The van der Waals surface area contributed by atoms with Crippen LogP contribution in [0, 0.1) is 0 Å². The summed E-state index contributed by atoms with van der Waals surface area (Å²) >= 11 is 0. The standard InChI is InChI=1S/C15H18N4O2/c16-15(21)12-6-3-9-19(12)14(20)8-7-13-17-10-4-1-2-5-11(10)18-13/h1-2,4-5,12H,3,6-9H2,(H2,16,21)(H,17,18)/t12-/m0/s1. The molecule has 1 aliphatic heterocycles. The summed E-state index contributed by atoms with van der Waals surface area (Å²) in [6.07, 6.45) is 2.38. The van der Waals surface area contributed by atoms with Crippen LogP contribution in [0.3, 0.4) is 0 Å². The van der Waals surface area contributed by atoms with Gasteiger partial charge in [-0.2, -0.15) is 0 Å². The summed E-state index contributed by atoms with van der Waals surface area (Å²) in [5.41, 5.74) is 7.20. The summed E-state index contributed by atoms with van der Waals surface area (Å²) in [7, 11) is 0. The van der Waals surface area contributed by atoms with Crippen LogP contribution in [0.15, 0.2) is 24.3 Å². The smallest absolute Gasteiger partial charge is 0.240 e. The van der Waals surface area contributed by atoms with Crippen molar-refractivity contribution in [1.82, 2.24) is 14.9 Å². The van der Waals surface area contributed by atoms with Gasteiger partial charge < -0.3 is 15.6 Å². The molecular formula is C15H18N4O2. The fourth-order valence-electron chi connectivity index (χ4n) is 2.85. The zero-order valence-electron chi connectivity index (χ0n) is 11.7. The largest absolute Gasteiger partial charge is 0.368 e. The first-order chi connectivity index (χ1) is 10.1. The molecule has 2 amide bonds. The molecule has 0 unspecified atom stereocenters. The second-order valence-corrected chi connectivity index (χ2v) is 5.35. The van der Waals surface area contributed by atoms with E-state index in [1.807, 2.05) is 24.3 Å². The molecule has 2 heterocycles. The van der Waals surface area contributed by atoms with E-state index >= 15 is 0 Å². The number of nitrogens with two attached hydrogens (primary N) is 1. The highest BCUT2D eigenvalue weighted by atomic mass is 16.2. The SMILES string of the molecule is NC(=O)[C@@H]1CCCN1C(=O)CCc1nc2ccccc2[nH]1. The number of imidazole rings is 1. The Hall–Kier alpha value is -2.37. The summed E-state index contributed by atoms with van der Waals surface area (Å²) in [6.45, 7) is 0.618. The Labute approximate surface area is 122 Å². The van der Waals surface area contributed by atoms with Crippen molar-refractivity contribution in [1.29, 1.82) is 0 Å². The minimum atomic E-state index is -0.437. The summed E-state index contributed by atoms with van der Waals surface area (Å²) in [5, 5.41) is 0. The highest BCUT2D eigenvalue weighted by molar-refractivity contribution is 5.87. The van der Waals surface area contributed by atoms with Crippen molar-refractivity contribution in [2.45, 2.75) is 31.7 Å². The van der Waals surface area contributed by atoms with E-state index in [-0.39, 0.29) is 5.91 Å². The molecule has 2 aromatic rings. The molecule has 1 aromatic carbocycles. The highest BCUT2D eigenvalue weighted by Crippen LogP contribution is 2.19. The summed E-state index contributed by atoms with van der Waals surface area (Å²) in [6, 6.07) is 7.32. The number of rotatable bonds is 4. The fourth-order valence-corrected chi connectivity index (χ4v) is 2.85. The van der Waals surface area contributed by atoms with Gasteiger partial charge in [0.15, 0.2) is 0 Å². The number of hydrogen-bond acceptors (Lipinski definition) is 3. The number of primary amides is 1. The van der Waals surface area contributed by atoms with Gasteiger partial charge in [-0.05, 0) is 25.0 Å². The van der Waals surface area contributed by atoms with Crippen molar-refractivity contribution >= 4 is 22.8 Å². The lowest BCUT2D eigenvalue weighted by Gasteiger charge is -2.21. The zero-order valence-corrected chi connectivity index (χ0v) is 11.7. The van der Waals surface area contributed by atoms with Gasteiger partial charge in [-0.1, -0.05) is 12.1 Å². The summed E-state index contributed by atoms with van der Waals surface area (Å²) < 4.78 is 0. The van der Waals surface area contributed by atoms with Gasteiger partial charge in [-0.3, -0.25) is 9.59 Å². The molecule has 21 heavy (non-hydrogen) atoms. The predicted octanol–water partition coefficient (Wildman–Crippen LogP) is 0.972. The van der Waals surface area contributed by atoms with Crippen molar-refractivity contribution in [3.05, 3.63) is 30.1 Å². The molecule has 3 N–H and O–H groups in total. The van der Waals surface area contributed by atoms with E-state index in [1.165, 1.54) is 0 Å². The lowest BCUT2D eigenvalue weighted by Crippen LogP contribution is -2.43. The van der Waals surface area contributed by atoms with Crippen molar-refractivity contribution in [3.8, 4) is 0 Å². The maximum atomic E-state index is 12.2. The number of likely N-dealkylation sites (tertiary alicyclic amines) is 1. The molecule has 0 aliphatic carbocycles. The Morgan fingerprint density at radius 3 is 2.95 bits per heavy atom. The minimum Gasteiger partial charge on any atom is -0.368 e. The normalized spacial score (nSPS) is 18.3. The topological polar surface area (TPSA) is 92.1 Å². The predicted molar refractivity (Wildman–Crippen MR) is 78.3 cm³/mol. The molecule has 0 saturated carbocycles. The summed E-state index contributed by atoms with van der Waals surface area (Å²) in [5.74, 6) is 0.348. The number of para-hydroxylation sites is 2. The lowest BCUT2D eigenvalue weighted by atomic mass is 10.2. The number of aromatic amines is 1. The van der Waals surface area contributed by atoms with Gasteiger partial charge in [-0.25, -0.2) is 4.98 Å². The number of benzene rings is 1. The Morgan fingerprint density at radius 1 is 1.38 bits per heavy atom. The number of hydrogen-bond donors (Lipinski definition) is 2. The van der Waals surface area contributed by atoms with Crippen molar-refractivity contribution in [2.75, 3.05) is 6.54 Å². The van der Waals surface area contributed by atoms with Crippen LogP contribution >= 0.6 is 0 Å². The summed E-state index contributed by atoms with van der Waals surface area (Å²) in [4.78, 5) is 32.8. The third kappa shape index (κ3) is 2.74. The molecular weight excluding hydrogens is 268 g/mol. The third-order valence-electron chi connectivity index (χ3n) is 3.92. The van der Waals surface area contributed by atoms with Gasteiger partial charge in [0.2, 0.25) is 11.8 Å². The molecule has 6 heteroatoms. The number of amides is 2. The number of aromatic nitrogens is 2. The van der Waals surface area contributed by atoms with E-state index in [2.05, 4.69) is 9.97 Å². The lowest BCUT2D eigenvalue weighted by molar-refractivity contribution is -0.137. The second-order valence-electron chi connectivity index (χ2n) is 5.35. The molecule has 0 bridgehead atoms. The Morgan fingerprint density at radius 2 is 2.19 bits per heavy atom. The third-order valence-corrected chi connectivity index (χ3v) is 3.92. The molecule has 1 aliphatic rings. The number of nitrogens with zero attached hydrogens (tertiary/aromatic N) is 2. The Bertz CT molecular complexity index is 646. The number of carbonyl (C=O) groups is 2. The molecule has 0 radical (unpaired) electrons. The van der Waals surface area contributed by atoms with Gasteiger partial charge in [0.1, 0.15) is 11.9 Å². The molecule has 6 nitrogen and oxygen atoms in total. The average molecular weight is 286 g/mol. The second kappa shape index (κ2) is 5.55. The van der Waals surface area contributed by atoms with Gasteiger partial charge >= 0.3 is 0 Å². The average Bonchev–Trinajstić information content (AvgIpc) is 3.10. The number of H-pyrrole nitrogens is 1. The maximum absolute atomic E-state index is 12.2. The zero-order chi connectivity index (χ0) is 14.8. The van der Waals surface area contributed by atoms with Gasteiger partial charge in [0.05, 0.1) is 11.0 Å². The van der Waals surface area contributed by atoms with Crippen molar-refractivity contribution < 1.29 is 9.59 Å². The van der Waals surface area contributed by atoms with E-state index in [0.29, 0.717) is 25.8 Å². The van der Waals surface area contributed by atoms with Crippen molar-refractivity contribution in [3.63, 3.8) is 0 Å². The first-order valence-corrected chi connectivity index (χ1v) is 7.17. The monoisotopic (exact) mass is 286 g/mol. The van der Waals surface area contributed by atoms with E-state index < -0.39 is 11.9 Å². The van der Waals surface area contributed by atoms with Gasteiger partial charge in [0.25, 0.3) is 0 Å². The van der Waals surface area contributed by atoms with Crippen LogP contribution in [0.25, 0.3) is 11.0 Å². The van der Waals surface area contributed by atoms with E-state index in [9.17, 15) is 9.59 Å². The Balaban J connectivity index is 1.64. The van der Waals surface area contributed by atoms with Crippen LogP contribution in [0.4, 0.5) is 0 Å². The van der Waals surface area contributed by atoms with E-state index in [0.717, 1.165) is 23.3 Å². The van der Waals surface area contributed by atoms with Crippen LogP contribution in [0.5, 0.6) is 0 Å². The van der Waals surface area contributed by atoms with Crippen molar-refractivity contribution in [2.24, 2.45) is 5.73 Å². The number of aryl methyl sites for hydroxylation is 1. The first kappa shape index (κ1) is 13.6. The molecule has 1 aromatic heterocycles. The fraction of sp³-hybridized carbons (Fsp3) is 0.400. The van der Waals surface area contributed by atoms with Crippen LogP contribution in [-0.2, 0) is 16.0 Å². The number of fused-ring (bicyclic) bond motifs is 1. The minimum absolute atomic E-state index is 0.0308. The molecule has 0 spiro atoms.